The van der Waals surface area contributed by atoms with Gasteiger partial charge in [0.05, 0.1) is 11.4 Å². The predicted octanol–water partition coefficient (Wildman–Crippen LogP) is -0.0643. The molecule has 2 aromatic rings. The molecule has 4 N–H and O–H groups in total. The van der Waals surface area contributed by atoms with Crippen LogP contribution in [0, 0.1) is 0 Å². The Labute approximate surface area is 105 Å². The van der Waals surface area contributed by atoms with Crippen LogP contribution < -0.4 is 10.0 Å². The number of sulfonamides is 1. The first-order valence-corrected chi connectivity index (χ1v) is 6.90. The van der Waals surface area contributed by atoms with Gasteiger partial charge in [-0.15, -0.1) is 0 Å². The average Bonchev–Trinajstić information content (AvgIpc) is 2.98. The van der Waals surface area contributed by atoms with Gasteiger partial charge in [0.15, 0.2) is 0 Å². The molecule has 8 heteroatoms. The van der Waals surface area contributed by atoms with Crippen LogP contribution in [0.1, 0.15) is 11.5 Å². The van der Waals surface area contributed by atoms with Crippen LogP contribution in [0.5, 0.6) is 0 Å². The van der Waals surface area contributed by atoms with Crippen LogP contribution in [0.2, 0.25) is 0 Å². The van der Waals surface area contributed by atoms with Crippen molar-refractivity contribution in [2.24, 2.45) is 0 Å². The van der Waals surface area contributed by atoms with E-state index in [4.69, 9.17) is 0 Å². The van der Waals surface area contributed by atoms with E-state index in [-0.39, 0.29) is 11.4 Å². The van der Waals surface area contributed by atoms with Gasteiger partial charge < -0.3 is 15.3 Å². The van der Waals surface area contributed by atoms with E-state index in [2.05, 4.69) is 25.0 Å². The van der Waals surface area contributed by atoms with E-state index in [1.54, 1.807) is 25.5 Å². The van der Waals surface area contributed by atoms with E-state index in [9.17, 15) is 8.42 Å². The van der Waals surface area contributed by atoms with E-state index in [1.165, 1.54) is 6.20 Å². The van der Waals surface area contributed by atoms with E-state index >= 15 is 0 Å². The maximum absolute atomic E-state index is 12.0. The standard InChI is InChI=1S/C10H15N5O2S/c1-11-5-8-4-9(6-14-8)18(16,17)15-7-10-12-2-3-13-10/h2-4,6,11,14-15H,5,7H2,1H3,(H,12,13). The lowest BCUT2D eigenvalue weighted by atomic mass is 10.4. The summed E-state index contributed by atoms with van der Waals surface area (Å²) in [6.45, 7) is 0.732. The van der Waals surface area contributed by atoms with Crippen molar-refractivity contribution < 1.29 is 8.42 Å². The van der Waals surface area contributed by atoms with E-state index in [0.29, 0.717) is 12.4 Å². The summed E-state index contributed by atoms with van der Waals surface area (Å²) in [5.41, 5.74) is 0.816. The maximum atomic E-state index is 12.0. The summed E-state index contributed by atoms with van der Waals surface area (Å²) in [6, 6.07) is 1.60. The largest absolute Gasteiger partial charge is 0.363 e. The fourth-order valence-electron chi connectivity index (χ4n) is 1.51. The quantitative estimate of drug-likeness (QED) is 0.589. The molecule has 0 radical (unpaired) electrons. The third-order valence-electron chi connectivity index (χ3n) is 2.38. The molecule has 0 saturated carbocycles. The second kappa shape index (κ2) is 5.34. The van der Waals surface area contributed by atoms with Crippen LogP contribution >= 0.6 is 0 Å². The molecule has 18 heavy (non-hydrogen) atoms. The van der Waals surface area contributed by atoms with Gasteiger partial charge in [0.1, 0.15) is 5.82 Å². The molecule has 0 amide bonds. The zero-order chi connectivity index (χ0) is 13.0. The number of nitrogens with one attached hydrogen (secondary N) is 4. The van der Waals surface area contributed by atoms with Crippen molar-refractivity contribution in [2.45, 2.75) is 18.0 Å². The molecule has 0 aliphatic heterocycles. The van der Waals surface area contributed by atoms with Crippen LogP contribution in [0.25, 0.3) is 0 Å². The second-order valence-electron chi connectivity index (χ2n) is 3.75. The third kappa shape index (κ3) is 2.97. The Bertz CT molecular complexity index is 588. The van der Waals surface area contributed by atoms with Crippen molar-refractivity contribution in [3.8, 4) is 0 Å². The minimum atomic E-state index is -3.50. The van der Waals surface area contributed by atoms with Gasteiger partial charge >= 0.3 is 0 Å². The molecule has 0 unspecified atom stereocenters. The van der Waals surface area contributed by atoms with Crippen LogP contribution in [0.15, 0.2) is 29.6 Å². The highest BCUT2D eigenvalue weighted by molar-refractivity contribution is 7.89. The molecular formula is C10H15N5O2S. The molecule has 2 aromatic heterocycles. The highest BCUT2D eigenvalue weighted by atomic mass is 32.2. The minimum Gasteiger partial charge on any atom is -0.363 e. The molecule has 2 rings (SSSR count). The number of hydrogen-bond donors (Lipinski definition) is 4. The van der Waals surface area contributed by atoms with Crippen molar-refractivity contribution >= 4 is 10.0 Å². The van der Waals surface area contributed by atoms with Crippen LogP contribution in [0.4, 0.5) is 0 Å². The fourth-order valence-corrected chi connectivity index (χ4v) is 2.51. The molecule has 2 heterocycles. The molecule has 0 aliphatic rings. The van der Waals surface area contributed by atoms with Crippen LogP contribution in [-0.4, -0.2) is 30.4 Å². The molecule has 0 aliphatic carbocycles. The van der Waals surface area contributed by atoms with Crippen molar-refractivity contribution in [2.75, 3.05) is 7.05 Å². The Morgan fingerprint density at radius 3 is 2.83 bits per heavy atom. The summed E-state index contributed by atoms with van der Waals surface area (Å²) in [7, 11) is -1.71. The third-order valence-corrected chi connectivity index (χ3v) is 3.76. The zero-order valence-electron chi connectivity index (χ0n) is 9.90. The first kappa shape index (κ1) is 12.8. The minimum absolute atomic E-state index is 0.141. The smallest absolute Gasteiger partial charge is 0.242 e. The molecule has 0 fully saturated rings. The van der Waals surface area contributed by atoms with Crippen LogP contribution in [0.3, 0.4) is 0 Å². The number of aromatic nitrogens is 3. The van der Waals surface area contributed by atoms with Crippen molar-refractivity contribution in [3.05, 3.63) is 36.2 Å². The van der Waals surface area contributed by atoms with Crippen molar-refractivity contribution in [3.63, 3.8) is 0 Å². The Hall–Kier alpha value is -1.64. The van der Waals surface area contributed by atoms with Gasteiger partial charge in [-0.1, -0.05) is 0 Å². The predicted molar refractivity (Wildman–Crippen MR) is 66.2 cm³/mol. The Kier molecular flexibility index (Phi) is 3.80. The summed E-state index contributed by atoms with van der Waals surface area (Å²) in [4.78, 5) is 9.90. The van der Waals surface area contributed by atoms with Crippen LogP contribution in [-0.2, 0) is 23.1 Å². The topological polar surface area (TPSA) is 103 Å². The van der Waals surface area contributed by atoms with Gasteiger partial charge in [-0.3, -0.25) is 0 Å². The summed E-state index contributed by atoms with van der Waals surface area (Å²) >= 11 is 0. The number of imidazole rings is 1. The summed E-state index contributed by atoms with van der Waals surface area (Å²) in [6.07, 6.45) is 4.69. The van der Waals surface area contributed by atoms with Gasteiger partial charge in [-0.2, -0.15) is 0 Å². The lowest BCUT2D eigenvalue weighted by Crippen LogP contribution is -2.23. The first-order valence-electron chi connectivity index (χ1n) is 5.41. The van der Waals surface area contributed by atoms with E-state index < -0.39 is 10.0 Å². The molecule has 0 spiro atoms. The molecule has 0 atom stereocenters. The number of rotatable bonds is 6. The first-order chi connectivity index (χ1) is 8.62. The monoisotopic (exact) mass is 269 g/mol. The lowest BCUT2D eigenvalue weighted by Gasteiger charge is -2.02. The SMILES string of the molecule is CNCc1cc(S(=O)(=O)NCc2ncc[nH]2)c[nH]1. The molecule has 7 nitrogen and oxygen atoms in total. The molecule has 98 valence electrons. The Morgan fingerprint density at radius 2 is 2.17 bits per heavy atom. The summed E-state index contributed by atoms with van der Waals surface area (Å²) in [5, 5.41) is 2.94. The van der Waals surface area contributed by atoms with E-state index in [0.717, 1.165) is 5.69 Å². The summed E-state index contributed by atoms with van der Waals surface area (Å²) < 4.78 is 26.4. The van der Waals surface area contributed by atoms with Gasteiger partial charge in [0, 0.05) is 30.8 Å². The number of nitrogens with zero attached hydrogens (tertiary/aromatic N) is 1. The fraction of sp³-hybridized carbons (Fsp3) is 0.300. The van der Waals surface area contributed by atoms with Gasteiger partial charge in [0.25, 0.3) is 0 Å². The number of hydrogen-bond acceptors (Lipinski definition) is 4. The number of H-pyrrole nitrogens is 2. The highest BCUT2D eigenvalue weighted by Crippen LogP contribution is 2.10. The summed E-state index contributed by atoms with van der Waals surface area (Å²) in [5.74, 6) is 0.574. The second-order valence-corrected chi connectivity index (χ2v) is 5.52. The Morgan fingerprint density at radius 1 is 1.33 bits per heavy atom. The zero-order valence-corrected chi connectivity index (χ0v) is 10.7. The molecular weight excluding hydrogens is 254 g/mol. The number of aromatic amines is 2. The van der Waals surface area contributed by atoms with Crippen molar-refractivity contribution in [1.29, 1.82) is 0 Å². The highest BCUT2D eigenvalue weighted by Gasteiger charge is 2.15. The molecule has 0 aromatic carbocycles. The Balaban J connectivity index is 2.05. The van der Waals surface area contributed by atoms with Gasteiger partial charge in [-0.05, 0) is 13.1 Å². The molecule has 0 bridgehead atoms. The average molecular weight is 269 g/mol. The lowest BCUT2D eigenvalue weighted by molar-refractivity contribution is 0.579. The van der Waals surface area contributed by atoms with E-state index in [1.807, 2.05) is 0 Å². The molecule has 0 saturated heterocycles. The van der Waals surface area contributed by atoms with Gasteiger partial charge in [0.2, 0.25) is 10.0 Å². The van der Waals surface area contributed by atoms with Crippen molar-refractivity contribution in [1.82, 2.24) is 25.0 Å². The maximum Gasteiger partial charge on any atom is 0.242 e. The van der Waals surface area contributed by atoms with Gasteiger partial charge in [-0.25, -0.2) is 18.1 Å². The normalized spacial score (nSPS) is 11.8.